The monoisotopic (exact) mass is 303 g/mol. The third-order valence-corrected chi connectivity index (χ3v) is 4.54. The van der Waals surface area contributed by atoms with Crippen LogP contribution in [-0.4, -0.2) is 37.8 Å². The highest BCUT2D eigenvalue weighted by atomic mass is 32.1. The van der Waals surface area contributed by atoms with Crippen LogP contribution >= 0.6 is 12.2 Å². The Labute approximate surface area is 130 Å². The van der Waals surface area contributed by atoms with E-state index in [9.17, 15) is 0 Å². The van der Waals surface area contributed by atoms with Crippen LogP contribution in [0.1, 0.15) is 30.4 Å². The summed E-state index contributed by atoms with van der Waals surface area (Å²) in [7, 11) is 0. The number of hydrogen-bond acceptors (Lipinski definition) is 4. The molecule has 0 radical (unpaired) electrons. The second-order valence-electron chi connectivity index (χ2n) is 5.76. The predicted molar refractivity (Wildman–Crippen MR) is 85.1 cm³/mol. The Balaban J connectivity index is 1.84. The maximum absolute atomic E-state index is 5.53. The molecule has 6 heteroatoms. The molecule has 1 saturated heterocycles. The fourth-order valence-electron chi connectivity index (χ4n) is 2.67. The molecular formula is C15H21N5S. The summed E-state index contributed by atoms with van der Waals surface area (Å²) in [5.41, 5.74) is 3.49. The van der Waals surface area contributed by atoms with Gasteiger partial charge in [0, 0.05) is 0 Å². The Kier molecular flexibility index (Phi) is 4.17. The van der Waals surface area contributed by atoms with E-state index in [0.29, 0.717) is 4.77 Å². The summed E-state index contributed by atoms with van der Waals surface area (Å²) < 4.78 is 4.21. The van der Waals surface area contributed by atoms with Crippen LogP contribution in [0.2, 0.25) is 0 Å². The van der Waals surface area contributed by atoms with E-state index in [1.54, 1.807) is 4.68 Å². The lowest BCUT2D eigenvalue weighted by molar-refractivity contribution is 0.171. The molecular weight excluding hydrogens is 282 g/mol. The average Bonchev–Trinajstić information content (AvgIpc) is 2.84. The van der Waals surface area contributed by atoms with Gasteiger partial charge in [0.15, 0.2) is 0 Å². The molecule has 0 N–H and O–H groups in total. The quantitative estimate of drug-likeness (QED) is 0.817. The summed E-state index contributed by atoms with van der Waals surface area (Å²) in [6.45, 7) is 7.19. The van der Waals surface area contributed by atoms with Gasteiger partial charge in [-0.3, -0.25) is 4.90 Å². The lowest BCUT2D eigenvalue weighted by Crippen LogP contribution is -2.32. The predicted octanol–water partition coefficient (Wildman–Crippen LogP) is 2.86. The van der Waals surface area contributed by atoms with Crippen LogP contribution in [-0.2, 0) is 6.67 Å². The molecule has 1 aliphatic heterocycles. The Morgan fingerprint density at radius 2 is 1.81 bits per heavy atom. The van der Waals surface area contributed by atoms with Crippen molar-refractivity contribution in [2.75, 3.05) is 13.1 Å². The third kappa shape index (κ3) is 3.06. The van der Waals surface area contributed by atoms with Crippen LogP contribution in [0.3, 0.4) is 0 Å². The molecule has 0 unspecified atom stereocenters. The molecule has 0 aliphatic carbocycles. The number of likely N-dealkylation sites (tertiary alicyclic amines) is 1. The van der Waals surface area contributed by atoms with Gasteiger partial charge >= 0.3 is 0 Å². The van der Waals surface area contributed by atoms with Crippen LogP contribution in [0.4, 0.5) is 0 Å². The highest BCUT2D eigenvalue weighted by Gasteiger charge is 2.13. The van der Waals surface area contributed by atoms with Crippen molar-refractivity contribution in [3.05, 3.63) is 34.1 Å². The normalized spacial score (nSPS) is 16.3. The van der Waals surface area contributed by atoms with Gasteiger partial charge < -0.3 is 0 Å². The number of aryl methyl sites for hydroxylation is 2. The number of nitrogens with zero attached hydrogens (tertiary/aromatic N) is 5. The number of piperidine rings is 1. The highest BCUT2D eigenvalue weighted by molar-refractivity contribution is 7.71. The van der Waals surface area contributed by atoms with Crippen LogP contribution in [0.5, 0.6) is 0 Å². The molecule has 1 fully saturated rings. The van der Waals surface area contributed by atoms with E-state index in [2.05, 4.69) is 41.3 Å². The topological polar surface area (TPSA) is 38.9 Å². The maximum Gasteiger partial charge on any atom is 0.221 e. The minimum Gasteiger partial charge on any atom is -0.284 e. The van der Waals surface area contributed by atoms with Crippen molar-refractivity contribution in [2.24, 2.45) is 0 Å². The molecule has 0 bridgehead atoms. The Hall–Kier alpha value is -1.53. The molecule has 0 saturated carbocycles. The maximum atomic E-state index is 5.53. The minimum absolute atomic E-state index is 0.656. The van der Waals surface area contributed by atoms with Gasteiger partial charge in [-0.2, -0.15) is 4.68 Å². The number of aromatic nitrogens is 4. The van der Waals surface area contributed by atoms with Crippen LogP contribution in [0, 0.1) is 18.6 Å². The zero-order valence-corrected chi connectivity index (χ0v) is 13.4. The Morgan fingerprint density at radius 1 is 1.05 bits per heavy atom. The van der Waals surface area contributed by atoms with Gasteiger partial charge in [-0.1, -0.05) is 12.5 Å². The molecule has 2 aromatic rings. The summed E-state index contributed by atoms with van der Waals surface area (Å²) in [6.07, 6.45) is 3.86. The fourth-order valence-corrected chi connectivity index (χ4v) is 2.91. The smallest absolute Gasteiger partial charge is 0.221 e. The van der Waals surface area contributed by atoms with E-state index in [4.69, 9.17) is 12.2 Å². The van der Waals surface area contributed by atoms with Crippen LogP contribution in [0.25, 0.3) is 5.69 Å². The van der Waals surface area contributed by atoms with Crippen molar-refractivity contribution in [3.8, 4) is 5.69 Å². The van der Waals surface area contributed by atoms with Crippen molar-refractivity contribution in [2.45, 2.75) is 39.8 Å². The number of rotatable bonds is 3. The molecule has 0 amide bonds. The first-order chi connectivity index (χ1) is 10.1. The first kappa shape index (κ1) is 14.4. The van der Waals surface area contributed by atoms with Gasteiger partial charge in [-0.25, -0.2) is 4.68 Å². The second kappa shape index (κ2) is 6.07. The fraction of sp³-hybridized carbons (Fsp3) is 0.533. The van der Waals surface area contributed by atoms with Gasteiger partial charge in [0.1, 0.15) is 0 Å². The SMILES string of the molecule is Cc1ccc(-n2nnn(CN3CCCCC3)c2=S)cc1C. The van der Waals surface area contributed by atoms with Crippen molar-refractivity contribution >= 4 is 12.2 Å². The van der Waals surface area contributed by atoms with E-state index in [0.717, 1.165) is 25.4 Å². The lowest BCUT2D eigenvalue weighted by Gasteiger charge is -2.25. The summed E-state index contributed by atoms with van der Waals surface area (Å²) in [6, 6.07) is 6.24. The molecule has 3 rings (SSSR count). The average molecular weight is 303 g/mol. The summed E-state index contributed by atoms with van der Waals surface area (Å²) >= 11 is 5.53. The van der Waals surface area contributed by atoms with Gasteiger partial charge in [0.2, 0.25) is 4.77 Å². The van der Waals surface area contributed by atoms with Gasteiger partial charge in [-0.15, -0.1) is 0 Å². The van der Waals surface area contributed by atoms with E-state index < -0.39 is 0 Å². The molecule has 112 valence electrons. The zero-order valence-electron chi connectivity index (χ0n) is 12.6. The molecule has 5 nitrogen and oxygen atoms in total. The minimum atomic E-state index is 0.656. The highest BCUT2D eigenvalue weighted by Crippen LogP contribution is 2.14. The van der Waals surface area contributed by atoms with E-state index in [-0.39, 0.29) is 0 Å². The standard InChI is InChI=1S/C15H21N5S/c1-12-6-7-14(10-13(12)2)20-15(21)19(16-17-20)11-18-8-4-3-5-9-18/h6-7,10H,3-5,8-9,11H2,1-2H3. The van der Waals surface area contributed by atoms with Gasteiger partial charge in [0.25, 0.3) is 0 Å². The van der Waals surface area contributed by atoms with E-state index in [1.165, 1.54) is 30.4 Å². The second-order valence-corrected chi connectivity index (χ2v) is 6.13. The molecule has 0 spiro atoms. The lowest BCUT2D eigenvalue weighted by atomic mass is 10.1. The molecule has 1 aromatic heterocycles. The van der Waals surface area contributed by atoms with Gasteiger partial charge in [-0.05, 0) is 85.7 Å². The van der Waals surface area contributed by atoms with Crippen LogP contribution < -0.4 is 0 Å². The molecule has 2 heterocycles. The summed E-state index contributed by atoms with van der Waals surface area (Å²) in [5.74, 6) is 0. The first-order valence-corrected chi connectivity index (χ1v) is 7.89. The van der Waals surface area contributed by atoms with Gasteiger partial charge in [0.05, 0.1) is 12.4 Å². The van der Waals surface area contributed by atoms with Crippen molar-refractivity contribution < 1.29 is 0 Å². The number of tetrazole rings is 1. The van der Waals surface area contributed by atoms with Crippen molar-refractivity contribution in [3.63, 3.8) is 0 Å². The van der Waals surface area contributed by atoms with Crippen molar-refractivity contribution in [1.82, 2.24) is 24.7 Å². The zero-order chi connectivity index (χ0) is 14.8. The van der Waals surface area contributed by atoms with Crippen LogP contribution in [0.15, 0.2) is 18.2 Å². The molecule has 1 aliphatic rings. The molecule has 0 atom stereocenters. The molecule has 21 heavy (non-hydrogen) atoms. The summed E-state index contributed by atoms with van der Waals surface area (Å²) in [5, 5.41) is 8.44. The third-order valence-electron chi connectivity index (χ3n) is 4.16. The Bertz CT molecular complexity index is 682. The van der Waals surface area contributed by atoms with E-state index >= 15 is 0 Å². The number of benzene rings is 1. The summed E-state index contributed by atoms with van der Waals surface area (Å²) in [4.78, 5) is 2.39. The molecule has 1 aromatic carbocycles. The largest absolute Gasteiger partial charge is 0.284 e. The Morgan fingerprint density at radius 3 is 2.52 bits per heavy atom. The first-order valence-electron chi connectivity index (χ1n) is 7.48. The number of hydrogen-bond donors (Lipinski definition) is 0. The van der Waals surface area contributed by atoms with Crippen molar-refractivity contribution in [1.29, 1.82) is 0 Å². The van der Waals surface area contributed by atoms with E-state index in [1.807, 2.05) is 10.7 Å².